The molecule has 0 spiro atoms. The predicted molar refractivity (Wildman–Crippen MR) is 31.8 cm³/mol. The molecular weight excluding hydrogens is 217 g/mol. The van der Waals surface area contributed by atoms with E-state index in [0.717, 1.165) is 0 Å². The lowest BCUT2D eigenvalue weighted by Gasteiger charge is -2.23. The lowest BCUT2D eigenvalue weighted by molar-refractivity contribution is -0.269. The van der Waals surface area contributed by atoms with E-state index in [0.29, 0.717) is 0 Å². The molecule has 0 amide bonds. The van der Waals surface area contributed by atoms with Gasteiger partial charge in [0.1, 0.15) is 0 Å². The Morgan fingerprint density at radius 1 is 1.15 bits per heavy atom. The fourth-order valence-electron chi connectivity index (χ4n) is 0.578. The van der Waals surface area contributed by atoms with E-state index in [1.165, 1.54) is 0 Å². The summed E-state index contributed by atoms with van der Waals surface area (Å²) in [5.41, 5.74) is -7.70. The molecule has 13 heavy (non-hydrogen) atoms. The number of ether oxygens (including phenoxy) is 3. The first-order valence-electron chi connectivity index (χ1n) is 2.97. The smallest absolute Gasteiger partial charge is 0.329 e. The van der Waals surface area contributed by atoms with Crippen molar-refractivity contribution in [2.45, 2.75) is 11.1 Å². The maximum absolute atomic E-state index is 11.8. The first-order valence-corrected chi connectivity index (χ1v) is 4.51. The van der Waals surface area contributed by atoms with Gasteiger partial charge in [-0.05, 0) is 0 Å². The maximum atomic E-state index is 11.8. The van der Waals surface area contributed by atoms with Crippen molar-refractivity contribution in [3.8, 4) is 0 Å². The topological polar surface area (TPSA) is 61.8 Å². The van der Waals surface area contributed by atoms with Gasteiger partial charge < -0.3 is 14.2 Å². The van der Waals surface area contributed by atoms with E-state index in [1.54, 1.807) is 0 Å². The predicted octanol–water partition coefficient (Wildman–Crippen LogP) is 0.183. The van der Waals surface area contributed by atoms with E-state index in [9.17, 15) is 21.6 Å². The number of halogens is 3. The van der Waals surface area contributed by atoms with E-state index in [4.69, 9.17) is 0 Å². The lowest BCUT2D eigenvalue weighted by Crippen LogP contribution is -2.41. The van der Waals surface area contributed by atoms with E-state index in [2.05, 4.69) is 14.2 Å². The van der Waals surface area contributed by atoms with Crippen LogP contribution < -0.4 is 0 Å². The summed E-state index contributed by atoms with van der Waals surface area (Å²) in [6, 6.07) is 0. The Labute approximate surface area is 71.3 Å². The number of alkyl halides is 3. The molecule has 0 saturated carbocycles. The minimum atomic E-state index is -5.42. The average molecular weight is 222 g/mol. The Balaban J connectivity index is 2.80. The monoisotopic (exact) mass is 222 g/mol. The fourth-order valence-corrected chi connectivity index (χ4v) is 1.27. The summed E-state index contributed by atoms with van der Waals surface area (Å²) in [6.45, 7) is -1.08. The molecule has 0 bridgehead atoms. The zero-order valence-corrected chi connectivity index (χ0v) is 6.89. The summed E-state index contributed by atoms with van der Waals surface area (Å²) in [4.78, 5) is 0. The molecule has 0 aromatic rings. The van der Waals surface area contributed by atoms with Gasteiger partial charge in [0.15, 0.2) is 13.6 Å². The summed E-state index contributed by atoms with van der Waals surface area (Å²) in [7, 11) is -5.42. The van der Waals surface area contributed by atoms with Crippen molar-refractivity contribution in [1.82, 2.24) is 0 Å². The Morgan fingerprint density at radius 2 is 1.62 bits per heavy atom. The van der Waals surface area contributed by atoms with E-state index >= 15 is 0 Å². The van der Waals surface area contributed by atoms with Crippen LogP contribution in [0.4, 0.5) is 13.2 Å². The van der Waals surface area contributed by atoms with Gasteiger partial charge in [-0.25, -0.2) is 8.42 Å². The summed E-state index contributed by atoms with van der Waals surface area (Å²) in [5, 5.41) is 0. The van der Waals surface area contributed by atoms with Crippen molar-refractivity contribution < 1.29 is 35.8 Å². The summed E-state index contributed by atoms with van der Waals surface area (Å²) >= 11 is 0. The van der Waals surface area contributed by atoms with Crippen LogP contribution in [0, 0.1) is 0 Å². The van der Waals surface area contributed by atoms with E-state index in [1.807, 2.05) is 0 Å². The van der Waals surface area contributed by atoms with Crippen LogP contribution in [0.2, 0.25) is 0 Å². The first kappa shape index (κ1) is 10.7. The zero-order chi connectivity index (χ0) is 10.1. The maximum Gasteiger partial charge on any atom is 0.502 e. The second kappa shape index (κ2) is 3.40. The minimum absolute atomic E-state index is 0.542. The third kappa shape index (κ3) is 2.10. The van der Waals surface area contributed by atoms with E-state index in [-0.39, 0.29) is 0 Å². The summed E-state index contributed by atoms with van der Waals surface area (Å²) in [6.07, 6.45) is 0. The number of sulfone groups is 1. The highest BCUT2D eigenvalue weighted by Crippen LogP contribution is 2.29. The van der Waals surface area contributed by atoms with Gasteiger partial charge in [-0.15, -0.1) is 0 Å². The molecule has 1 aliphatic heterocycles. The van der Waals surface area contributed by atoms with Crippen LogP contribution in [0.15, 0.2) is 0 Å². The van der Waals surface area contributed by atoms with Crippen molar-refractivity contribution in [2.75, 3.05) is 13.6 Å². The molecule has 5 nitrogen and oxygen atoms in total. The van der Waals surface area contributed by atoms with Crippen molar-refractivity contribution in [2.24, 2.45) is 0 Å². The highest BCUT2D eigenvalue weighted by molar-refractivity contribution is 7.92. The lowest BCUT2D eigenvalue weighted by atomic mass is 11.2. The molecule has 0 aromatic carbocycles. The van der Waals surface area contributed by atoms with Crippen LogP contribution in [0.1, 0.15) is 0 Å². The van der Waals surface area contributed by atoms with Crippen molar-refractivity contribution in [1.29, 1.82) is 0 Å². The van der Waals surface area contributed by atoms with Crippen LogP contribution in [0.3, 0.4) is 0 Å². The molecule has 9 heteroatoms. The van der Waals surface area contributed by atoms with Gasteiger partial charge in [0, 0.05) is 0 Å². The molecule has 0 atom stereocenters. The molecule has 0 N–H and O–H groups in total. The molecule has 1 rings (SSSR count). The number of hydrogen-bond donors (Lipinski definition) is 0. The molecule has 0 aromatic heterocycles. The Kier molecular flexibility index (Phi) is 2.80. The Morgan fingerprint density at radius 3 is 2.00 bits per heavy atom. The Hall–Kier alpha value is -0.380. The van der Waals surface area contributed by atoms with Crippen molar-refractivity contribution in [3.05, 3.63) is 0 Å². The summed E-state index contributed by atoms with van der Waals surface area (Å²) < 4.78 is 69.2. The van der Waals surface area contributed by atoms with Gasteiger partial charge in [-0.1, -0.05) is 0 Å². The van der Waals surface area contributed by atoms with Crippen LogP contribution in [0.5, 0.6) is 0 Å². The molecule has 1 saturated heterocycles. The molecule has 0 aliphatic carbocycles. The van der Waals surface area contributed by atoms with Crippen LogP contribution in [-0.4, -0.2) is 33.1 Å². The van der Waals surface area contributed by atoms with Crippen molar-refractivity contribution in [3.63, 3.8) is 0 Å². The van der Waals surface area contributed by atoms with Crippen LogP contribution >= 0.6 is 0 Å². The SMILES string of the molecule is O=S(=O)(C1OCOCO1)C(F)(F)F. The number of hydrogen-bond acceptors (Lipinski definition) is 5. The number of rotatable bonds is 1. The standard InChI is InChI=1S/C4H5F3O5S/c5-4(6,7)13(8,9)3-11-1-10-2-12-3/h3H,1-2H2. The van der Waals surface area contributed by atoms with E-state index < -0.39 is 34.6 Å². The Bertz CT molecular complexity index is 264. The van der Waals surface area contributed by atoms with Crippen LogP contribution in [-0.2, 0) is 24.0 Å². The second-order valence-electron chi connectivity index (χ2n) is 2.05. The molecular formula is C4H5F3O5S. The quantitative estimate of drug-likeness (QED) is 0.633. The third-order valence-corrected chi connectivity index (χ3v) is 2.57. The largest absolute Gasteiger partial charge is 0.502 e. The van der Waals surface area contributed by atoms with Gasteiger partial charge in [-0.3, -0.25) is 0 Å². The van der Waals surface area contributed by atoms with Crippen molar-refractivity contribution >= 4 is 9.84 Å². The fraction of sp³-hybridized carbons (Fsp3) is 1.00. The highest BCUT2D eigenvalue weighted by Gasteiger charge is 2.53. The zero-order valence-electron chi connectivity index (χ0n) is 6.07. The molecule has 0 unspecified atom stereocenters. The van der Waals surface area contributed by atoms with Crippen LogP contribution in [0.25, 0.3) is 0 Å². The van der Waals surface area contributed by atoms with Gasteiger partial charge in [-0.2, -0.15) is 13.2 Å². The molecule has 78 valence electrons. The first-order chi connectivity index (χ1) is 5.86. The minimum Gasteiger partial charge on any atom is -0.329 e. The third-order valence-electron chi connectivity index (χ3n) is 1.15. The highest BCUT2D eigenvalue weighted by atomic mass is 32.2. The van der Waals surface area contributed by atoms with Gasteiger partial charge in [0.2, 0.25) is 0 Å². The van der Waals surface area contributed by atoms with Gasteiger partial charge in [0.25, 0.3) is 5.62 Å². The molecule has 0 radical (unpaired) electrons. The molecule has 1 fully saturated rings. The molecule has 1 heterocycles. The van der Waals surface area contributed by atoms with Gasteiger partial charge >= 0.3 is 15.3 Å². The summed E-state index contributed by atoms with van der Waals surface area (Å²) in [5.74, 6) is 0. The normalized spacial score (nSPS) is 21.8. The second-order valence-corrected chi connectivity index (χ2v) is 3.99. The van der Waals surface area contributed by atoms with Gasteiger partial charge in [0.05, 0.1) is 0 Å². The molecule has 1 aliphatic rings. The average Bonchev–Trinajstić information content (AvgIpc) is 2.04.